The van der Waals surface area contributed by atoms with Gasteiger partial charge in [-0.3, -0.25) is 4.79 Å². The summed E-state index contributed by atoms with van der Waals surface area (Å²) in [6.45, 7) is 0.580. The lowest BCUT2D eigenvalue weighted by atomic mass is 9.95. The lowest BCUT2D eigenvalue weighted by Crippen LogP contribution is -2.31. The van der Waals surface area contributed by atoms with E-state index in [1.807, 2.05) is 48.5 Å². The lowest BCUT2D eigenvalue weighted by Gasteiger charge is -2.27. The van der Waals surface area contributed by atoms with Crippen LogP contribution in [0.5, 0.6) is 11.5 Å². The second kappa shape index (κ2) is 7.17. The lowest BCUT2D eigenvalue weighted by molar-refractivity contribution is 0.0966. The normalized spacial score (nSPS) is 15.5. The van der Waals surface area contributed by atoms with Gasteiger partial charge in [0.15, 0.2) is 0 Å². The van der Waals surface area contributed by atoms with E-state index in [4.69, 9.17) is 4.74 Å². The minimum atomic E-state index is 0.0133. The molecule has 2 aliphatic heterocycles. The SMILES string of the molecule is O=C1NCc2c1cc(NC1C[Si]C1)cc2-c1ccc(Oc2ccccc2)cc1. The molecule has 1 amide bonds. The predicted molar refractivity (Wildman–Crippen MR) is 112 cm³/mol. The highest BCUT2D eigenvalue weighted by Gasteiger charge is 2.25. The zero-order valence-corrected chi connectivity index (χ0v) is 16.4. The molecule has 2 N–H and O–H groups in total. The number of carbonyl (C=O) groups is 1. The van der Waals surface area contributed by atoms with Gasteiger partial charge in [-0.05, 0) is 65.2 Å². The summed E-state index contributed by atoms with van der Waals surface area (Å²) in [4.78, 5) is 12.3. The average molecular weight is 385 g/mol. The van der Waals surface area contributed by atoms with Crippen LogP contribution in [-0.2, 0) is 6.54 Å². The van der Waals surface area contributed by atoms with Gasteiger partial charge in [-0.15, -0.1) is 0 Å². The first-order valence-electron chi connectivity index (χ1n) is 9.52. The van der Waals surface area contributed by atoms with Gasteiger partial charge in [-0.1, -0.05) is 30.3 Å². The molecule has 3 aromatic rings. The van der Waals surface area contributed by atoms with E-state index in [0.29, 0.717) is 12.6 Å². The molecular weight excluding hydrogens is 364 g/mol. The zero-order chi connectivity index (χ0) is 18.9. The molecular formula is C23H20N2O2Si. The largest absolute Gasteiger partial charge is 0.457 e. The standard InChI is InChI=1S/C23H20N2O2Si/c26-23-21-11-16(25-17-13-28-14-17)10-20(22(21)12-24-23)15-6-8-19(9-7-15)27-18-4-2-1-3-5-18/h1-11,17,25H,12-14H2,(H,24,26). The number of rotatable bonds is 5. The van der Waals surface area contributed by atoms with E-state index in [9.17, 15) is 4.79 Å². The van der Waals surface area contributed by atoms with Crippen LogP contribution in [0.3, 0.4) is 0 Å². The van der Waals surface area contributed by atoms with Crippen molar-refractivity contribution in [1.82, 2.24) is 5.32 Å². The summed E-state index contributed by atoms with van der Waals surface area (Å²) in [5.41, 5.74) is 5.08. The van der Waals surface area contributed by atoms with E-state index in [1.165, 1.54) is 12.1 Å². The van der Waals surface area contributed by atoms with E-state index in [0.717, 1.165) is 49.0 Å². The summed E-state index contributed by atoms with van der Waals surface area (Å²) < 4.78 is 5.90. The number of anilines is 1. The molecule has 0 saturated carbocycles. The van der Waals surface area contributed by atoms with Gasteiger partial charge in [0.1, 0.15) is 11.5 Å². The smallest absolute Gasteiger partial charge is 0.251 e. The predicted octanol–water partition coefficient (Wildman–Crippen LogP) is 4.72. The fourth-order valence-electron chi connectivity index (χ4n) is 3.62. The molecule has 4 nitrogen and oxygen atoms in total. The number of hydrogen-bond acceptors (Lipinski definition) is 3. The Labute approximate surface area is 166 Å². The van der Waals surface area contributed by atoms with E-state index in [1.54, 1.807) is 0 Å². The Bertz CT molecular complexity index is 1010. The van der Waals surface area contributed by atoms with Crippen molar-refractivity contribution < 1.29 is 9.53 Å². The molecule has 2 radical (unpaired) electrons. The Kier molecular flexibility index (Phi) is 4.37. The highest BCUT2D eigenvalue weighted by Crippen LogP contribution is 2.35. The molecule has 2 aliphatic rings. The van der Waals surface area contributed by atoms with Crippen molar-refractivity contribution in [3.8, 4) is 22.6 Å². The van der Waals surface area contributed by atoms with Crippen LogP contribution in [0, 0.1) is 0 Å². The van der Waals surface area contributed by atoms with Crippen LogP contribution < -0.4 is 15.4 Å². The zero-order valence-electron chi connectivity index (χ0n) is 15.4. The van der Waals surface area contributed by atoms with E-state index in [2.05, 4.69) is 28.8 Å². The Morgan fingerprint density at radius 1 is 0.929 bits per heavy atom. The second-order valence-electron chi connectivity index (χ2n) is 7.17. The molecule has 3 aromatic carbocycles. The van der Waals surface area contributed by atoms with E-state index >= 15 is 0 Å². The summed E-state index contributed by atoms with van der Waals surface area (Å²) >= 11 is 0. The number of fused-ring (bicyclic) bond motifs is 1. The highest BCUT2D eigenvalue weighted by molar-refractivity contribution is 6.40. The summed E-state index contributed by atoms with van der Waals surface area (Å²) in [6, 6.07) is 25.0. The topological polar surface area (TPSA) is 50.4 Å². The third-order valence-corrected chi connectivity index (χ3v) is 6.78. The fourth-order valence-corrected chi connectivity index (χ4v) is 4.40. The van der Waals surface area contributed by atoms with Crippen molar-refractivity contribution in [3.05, 3.63) is 77.9 Å². The Morgan fingerprint density at radius 2 is 1.64 bits per heavy atom. The van der Waals surface area contributed by atoms with Crippen molar-refractivity contribution in [2.75, 3.05) is 5.32 Å². The molecule has 2 heterocycles. The minimum absolute atomic E-state index is 0.0133. The van der Waals surface area contributed by atoms with E-state index in [-0.39, 0.29) is 5.91 Å². The number of ether oxygens (including phenoxy) is 1. The number of para-hydroxylation sites is 1. The molecule has 1 saturated heterocycles. The average Bonchev–Trinajstić information content (AvgIpc) is 3.07. The van der Waals surface area contributed by atoms with Gasteiger partial charge in [0.25, 0.3) is 5.91 Å². The molecule has 5 heteroatoms. The van der Waals surface area contributed by atoms with Gasteiger partial charge in [0.2, 0.25) is 0 Å². The number of amides is 1. The van der Waals surface area contributed by atoms with Crippen LogP contribution in [0.4, 0.5) is 5.69 Å². The van der Waals surface area contributed by atoms with Crippen molar-refractivity contribution >= 4 is 21.1 Å². The summed E-state index contributed by atoms with van der Waals surface area (Å²) in [6.07, 6.45) is 0. The van der Waals surface area contributed by atoms with Crippen molar-refractivity contribution in [2.45, 2.75) is 24.7 Å². The van der Waals surface area contributed by atoms with E-state index < -0.39 is 0 Å². The Morgan fingerprint density at radius 3 is 2.36 bits per heavy atom. The molecule has 0 unspecified atom stereocenters. The number of benzene rings is 3. The van der Waals surface area contributed by atoms with Crippen LogP contribution in [0.25, 0.3) is 11.1 Å². The molecule has 0 spiro atoms. The Balaban J connectivity index is 1.46. The summed E-state index contributed by atoms with van der Waals surface area (Å²) in [7, 11) is 1.06. The van der Waals surface area contributed by atoms with Crippen LogP contribution in [0.2, 0.25) is 12.1 Å². The van der Waals surface area contributed by atoms with Gasteiger partial charge >= 0.3 is 0 Å². The van der Waals surface area contributed by atoms with Crippen molar-refractivity contribution in [2.24, 2.45) is 0 Å². The molecule has 0 aromatic heterocycles. The molecule has 1 fully saturated rings. The van der Waals surface area contributed by atoms with Gasteiger partial charge in [-0.25, -0.2) is 0 Å². The first-order valence-corrected chi connectivity index (χ1v) is 10.9. The maximum absolute atomic E-state index is 12.3. The minimum Gasteiger partial charge on any atom is -0.457 e. The van der Waals surface area contributed by atoms with Crippen LogP contribution in [0.1, 0.15) is 15.9 Å². The second-order valence-corrected chi connectivity index (χ2v) is 8.49. The third kappa shape index (κ3) is 3.29. The molecule has 0 atom stereocenters. The highest BCUT2D eigenvalue weighted by atomic mass is 28.2. The molecule has 138 valence electrons. The summed E-state index contributed by atoms with van der Waals surface area (Å²) in [5.74, 6) is 1.63. The monoisotopic (exact) mass is 384 g/mol. The first kappa shape index (κ1) is 17.1. The van der Waals surface area contributed by atoms with Gasteiger partial charge in [0.05, 0.1) is 0 Å². The third-order valence-electron chi connectivity index (χ3n) is 5.22. The molecule has 0 bridgehead atoms. The number of carbonyl (C=O) groups excluding carboxylic acids is 1. The maximum atomic E-state index is 12.3. The van der Waals surface area contributed by atoms with Crippen LogP contribution in [0.15, 0.2) is 66.7 Å². The molecule has 0 aliphatic carbocycles. The van der Waals surface area contributed by atoms with Crippen molar-refractivity contribution in [3.63, 3.8) is 0 Å². The van der Waals surface area contributed by atoms with Crippen LogP contribution in [-0.4, -0.2) is 21.5 Å². The fraction of sp³-hybridized carbons (Fsp3) is 0.174. The quantitative estimate of drug-likeness (QED) is 0.626. The van der Waals surface area contributed by atoms with Gasteiger partial charge < -0.3 is 15.4 Å². The van der Waals surface area contributed by atoms with Crippen LogP contribution >= 0.6 is 0 Å². The first-order chi connectivity index (χ1) is 13.8. The molecule has 28 heavy (non-hydrogen) atoms. The van der Waals surface area contributed by atoms with Gasteiger partial charge in [0, 0.05) is 33.4 Å². The Hall–Kier alpha value is -3.05. The van der Waals surface area contributed by atoms with Crippen molar-refractivity contribution in [1.29, 1.82) is 0 Å². The maximum Gasteiger partial charge on any atom is 0.251 e. The number of hydrogen-bond donors (Lipinski definition) is 2. The molecule has 5 rings (SSSR count). The number of nitrogens with one attached hydrogen (secondary N) is 2. The summed E-state index contributed by atoms with van der Waals surface area (Å²) in [5, 5.41) is 6.54. The van der Waals surface area contributed by atoms with Gasteiger partial charge in [-0.2, -0.15) is 0 Å².